The summed E-state index contributed by atoms with van der Waals surface area (Å²) in [6.07, 6.45) is 2.36. The van der Waals surface area contributed by atoms with Gasteiger partial charge in [-0.3, -0.25) is 4.79 Å². The minimum atomic E-state index is -1.08. The van der Waals surface area contributed by atoms with Gasteiger partial charge in [-0.1, -0.05) is 23.2 Å². The average Bonchev–Trinajstić information content (AvgIpc) is 2.57. The Bertz CT molecular complexity index is 825. The Morgan fingerprint density at radius 3 is 2.23 bits per heavy atom. The number of halogens is 3. The number of aliphatic carboxylic acids is 1. The lowest BCUT2D eigenvalue weighted by atomic mass is 10.2. The molecule has 0 heterocycles. The highest BCUT2D eigenvalue weighted by Gasteiger charge is 2.12. The summed E-state index contributed by atoms with van der Waals surface area (Å²) < 4.78 is 5.68. The van der Waals surface area contributed by atoms with E-state index in [4.69, 9.17) is 44.6 Å². The summed E-state index contributed by atoms with van der Waals surface area (Å²) in [5, 5.41) is 11.1. The standard InChI is InChI=1S/C18H14Cl3NO4/c1-10(19)18(25)22-12-3-5-13(6-4-12)26-17-14(20)8-11(9-15(17)21)2-7-16(23)24/h2-10H,1H3,(H,22,25)(H,23,24)/b7-2+. The van der Waals surface area contributed by atoms with Crippen LogP contribution in [-0.4, -0.2) is 22.4 Å². The second kappa shape index (κ2) is 8.94. The fourth-order valence-electron chi connectivity index (χ4n) is 1.91. The van der Waals surface area contributed by atoms with E-state index in [1.807, 2.05) is 0 Å². The van der Waals surface area contributed by atoms with Gasteiger partial charge in [-0.2, -0.15) is 0 Å². The number of rotatable bonds is 6. The average molecular weight is 415 g/mol. The molecule has 1 atom stereocenters. The van der Waals surface area contributed by atoms with Gasteiger partial charge in [0.2, 0.25) is 5.91 Å². The number of carboxylic acids is 1. The van der Waals surface area contributed by atoms with Crippen molar-refractivity contribution in [3.05, 3.63) is 58.1 Å². The van der Waals surface area contributed by atoms with Crippen LogP contribution < -0.4 is 10.1 Å². The lowest BCUT2D eigenvalue weighted by Crippen LogP contribution is -2.20. The number of alkyl halides is 1. The Kier molecular flexibility index (Phi) is 6.91. The smallest absolute Gasteiger partial charge is 0.328 e. The SMILES string of the molecule is CC(Cl)C(=O)Nc1ccc(Oc2c(Cl)cc(/C=C/C(=O)O)cc2Cl)cc1. The van der Waals surface area contributed by atoms with Gasteiger partial charge >= 0.3 is 5.97 Å². The van der Waals surface area contributed by atoms with Gasteiger partial charge in [0.1, 0.15) is 11.1 Å². The third-order valence-corrected chi connectivity index (χ3v) is 3.90. The van der Waals surface area contributed by atoms with Crippen molar-refractivity contribution in [3.8, 4) is 11.5 Å². The lowest BCUT2D eigenvalue weighted by Gasteiger charge is -2.12. The second-order valence-electron chi connectivity index (χ2n) is 5.22. The van der Waals surface area contributed by atoms with Gasteiger partial charge in [-0.15, -0.1) is 11.6 Å². The zero-order chi connectivity index (χ0) is 19.3. The fourth-order valence-corrected chi connectivity index (χ4v) is 2.54. The van der Waals surface area contributed by atoms with E-state index in [2.05, 4.69) is 5.32 Å². The molecule has 2 aromatic rings. The van der Waals surface area contributed by atoms with Crippen LogP contribution in [-0.2, 0) is 9.59 Å². The van der Waals surface area contributed by atoms with Crippen molar-refractivity contribution in [1.82, 2.24) is 0 Å². The number of carboxylic acid groups (broad SMARTS) is 1. The molecule has 0 spiro atoms. The van der Waals surface area contributed by atoms with E-state index in [1.165, 1.54) is 6.08 Å². The summed E-state index contributed by atoms with van der Waals surface area (Å²) in [5.41, 5.74) is 1.10. The van der Waals surface area contributed by atoms with Crippen LogP contribution in [0.3, 0.4) is 0 Å². The second-order valence-corrected chi connectivity index (χ2v) is 6.69. The van der Waals surface area contributed by atoms with Crippen LogP contribution in [0.1, 0.15) is 12.5 Å². The van der Waals surface area contributed by atoms with Crippen molar-refractivity contribution in [2.45, 2.75) is 12.3 Å². The molecule has 136 valence electrons. The zero-order valence-corrected chi connectivity index (χ0v) is 15.8. The van der Waals surface area contributed by atoms with Crippen LogP contribution in [0.2, 0.25) is 10.0 Å². The van der Waals surface area contributed by atoms with Gasteiger partial charge < -0.3 is 15.2 Å². The Balaban J connectivity index is 2.15. The molecule has 0 aliphatic carbocycles. The number of hydrogen-bond donors (Lipinski definition) is 2. The van der Waals surface area contributed by atoms with E-state index in [0.717, 1.165) is 6.08 Å². The molecule has 0 bridgehead atoms. The minimum Gasteiger partial charge on any atom is -0.478 e. The number of benzene rings is 2. The molecular weight excluding hydrogens is 401 g/mol. The highest BCUT2D eigenvalue weighted by Crippen LogP contribution is 2.38. The van der Waals surface area contributed by atoms with Crippen molar-refractivity contribution < 1.29 is 19.4 Å². The molecule has 0 saturated heterocycles. The van der Waals surface area contributed by atoms with Crippen LogP contribution in [0.15, 0.2) is 42.5 Å². The number of hydrogen-bond acceptors (Lipinski definition) is 3. The molecule has 0 saturated carbocycles. The van der Waals surface area contributed by atoms with E-state index >= 15 is 0 Å². The fraction of sp³-hybridized carbons (Fsp3) is 0.111. The first-order chi connectivity index (χ1) is 12.3. The molecule has 8 heteroatoms. The van der Waals surface area contributed by atoms with Gasteiger partial charge in [0.25, 0.3) is 0 Å². The first-order valence-corrected chi connectivity index (χ1v) is 8.58. The predicted octanol–water partition coefficient (Wildman–Crippen LogP) is 5.45. The summed E-state index contributed by atoms with van der Waals surface area (Å²) in [6, 6.07) is 9.66. The van der Waals surface area contributed by atoms with Crippen molar-refractivity contribution in [2.75, 3.05) is 5.32 Å². The van der Waals surface area contributed by atoms with Crippen LogP contribution in [0, 0.1) is 0 Å². The van der Waals surface area contributed by atoms with Crippen LogP contribution >= 0.6 is 34.8 Å². The summed E-state index contributed by atoms with van der Waals surface area (Å²) in [5.74, 6) is -0.684. The molecule has 26 heavy (non-hydrogen) atoms. The monoisotopic (exact) mass is 413 g/mol. The number of amides is 1. The highest BCUT2D eigenvalue weighted by atomic mass is 35.5. The highest BCUT2D eigenvalue weighted by molar-refractivity contribution is 6.37. The van der Waals surface area contributed by atoms with Crippen molar-refractivity contribution in [2.24, 2.45) is 0 Å². The normalized spacial score (nSPS) is 12.0. The molecule has 2 rings (SSSR count). The van der Waals surface area contributed by atoms with Crippen molar-refractivity contribution in [1.29, 1.82) is 0 Å². The Morgan fingerprint density at radius 1 is 1.15 bits per heavy atom. The number of carbonyl (C=O) groups is 2. The summed E-state index contributed by atoms with van der Waals surface area (Å²) >= 11 is 18.0. The number of nitrogens with one attached hydrogen (secondary N) is 1. The number of carbonyl (C=O) groups excluding carboxylic acids is 1. The van der Waals surface area contributed by atoms with Crippen LogP contribution in [0.4, 0.5) is 5.69 Å². The topological polar surface area (TPSA) is 75.6 Å². The lowest BCUT2D eigenvalue weighted by molar-refractivity contribution is -0.131. The molecule has 1 unspecified atom stereocenters. The Labute approximate surface area is 165 Å². The third-order valence-electron chi connectivity index (χ3n) is 3.14. The van der Waals surface area contributed by atoms with Crippen LogP contribution in [0.5, 0.6) is 11.5 Å². The number of ether oxygens (including phenoxy) is 1. The maximum Gasteiger partial charge on any atom is 0.328 e. The van der Waals surface area contributed by atoms with Crippen LogP contribution in [0.25, 0.3) is 6.08 Å². The summed E-state index contributed by atoms with van der Waals surface area (Å²) in [4.78, 5) is 22.1. The van der Waals surface area contributed by atoms with Crippen molar-refractivity contribution >= 4 is 58.4 Å². The quantitative estimate of drug-likeness (QED) is 0.487. The first kappa shape index (κ1) is 20.1. The molecule has 0 aliphatic rings. The Hall–Kier alpha value is -2.21. The Morgan fingerprint density at radius 2 is 1.73 bits per heavy atom. The van der Waals surface area contributed by atoms with Gasteiger partial charge in [0.15, 0.2) is 5.75 Å². The molecule has 0 radical (unpaired) electrons. The van der Waals surface area contributed by atoms with E-state index in [1.54, 1.807) is 43.3 Å². The largest absolute Gasteiger partial charge is 0.478 e. The molecule has 0 aliphatic heterocycles. The van der Waals surface area contributed by atoms with E-state index in [-0.39, 0.29) is 21.7 Å². The van der Waals surface area contributed by atoms with Gasteiger partial charge in [-0.05, 0) is 55.0 Å². The third kappa shape index (κ3) is 5.66. The number of anilines is 1. The molecule has 1 amide bonds. The van der Waals surface area contributed by atoms with E-state index in [9.17, 15) is 9.59 Å². The minimum absolute atomic E-state index is 0.232. The predicted molar refractivity (Wildman–Crippen MR) is 104 cm³/mol. The first-order valence-electron chi connectivity index (χ1n) is 7.39. The maximum absolute atomic E-state index is 11.6. The van der Waals surface area contributed by atoms with Gasteiger partial charge in [-0.25, -0.2) is 4.79 Å². The molecule has 0 aromatic heterocycles. The van der Waals surface area contributed by atoms with E-state index in [0.29, 0.717) is 17.0 Å². The van der Waals surface area contributed by atoms with Gasteiger partial charge in [0, 0.05) is 11.8 Å². The molecule has 2 aromatic carbocycles. The summed E-state index contributed by atoms with van der Waals surface area (Å²) in [6.45, 7) is 1.58. The summed E-state index contributed by atoms with van der Waals surface area (Å²) in [7, 11) is 0. The zero-order valence-electron chi connectivity index (χ0n) is 13.5. The molecule has 2 N–H and O–H groups in total. The molecule has 0 fully saturated rings. The van der Waals surface area contributed by atoms with Crippen molar-refractivity contribution in [3.63, 3.8) is 0 Å². The maximum atomic E-state index is 11.6. The molecule has 5 nitrogen and oxygen atoms in total. The van der Waals surface area contributed by atoms with Gasteiger partial charge in [0.05, 0.1) is 10.0 Å². The molecular formula is C18H14Cl3NO4. The van der Waals surface area contributed by atoms with E-state index < -0.39 is 11.3 Å².